The first-order chi connectivity index (χ1) is 16.8. The van der Waals surface area contributed by atoms with Crippen molar-refractivity contribution in [1.82, 2.24) is 44.9 Å². The van der Waals surface area contributed by atoms with Crippen molar-refractivity contribution < 1.29 is 18.7 Å². The van der Waals surface area contributed by atoms with E-state index in [1.807, 2.05) is 25.5 Å². The quantitative estimate of drug-likeness (QED) is 0.431. The molecule has 0 unspecified atom stereocenters. The highest BCUT2D eigenvalue weighted by atomic mass is 19.1. The van der Waals surface area contributed by atoms with E-state index in [1.54, 1.807) is 17.2 Å². The van der Waals surface area contributed by atoms with Gasteiger partial charge in [-0.1, -0.05) is 0 Å². The fourth-order valence-electron chi connectivity index (χ4n) is 3.91. The van der Waals surface area contributed by atoms with Crippen LogP contribution in [-0.4, -0.2) is 69.6 Å². The van der Waals surface area contributed by atoms with Crippen LogP contribution in [-0.2, 0) is 4.74 Å². The third-order valence-corrected chi connectivity index (χ3v) is 5.55. The van der Waals surface area contributed by atoms with Gasteiger partial charge in [-0.05, 0) is 56.2 Å². The molecule has 4 aromatic rings. The van der Waals surface area contributed by atoms with Crippen molar-refractivity contribution >= 4 is 17.1 Å². The summed E-state index contributed by atoms with van der Waals surface area (Å²) >= 11 is 0. The van der Waals surface area contributed by atoms with Crippen LogP contribution in [0.25, 0.3) is 16.7 Å². The highest BCUT2D eigenvalue weighted by Gasteiger charge is 2.29. The minimum Gasteiger partial charge on any atom is -0.444 e. The number of benzene rings is 1. The van der Waals surface area contributed by atoms with Crippen molar-refractivity contribution in [2.45, 2.75) is 45.3 Å². The predicted octanol–water partition coefficient (Wildman–Crippen LogP) is 3.31. The van der Waals surface area contributed by atoms with Crippen LogP contribution in [0.1, 0.15) is 39.7 Å². The molecule has 4 heterocycles. The number of piperidine rings is 1. The van der Waals surface area contributed by atoms with Crippen LogP contribution in [0.3, 0.4) is 0 Å². The van der Waals surface area contributed by atoms with E-state index in [1.165, 1.54) is 29.5 Å². The largest absolute Gasteiger partial charge is 0.444 e. The Morgan fingerprint density at radius 3 is 2.66 bits per heavy atom. The summed E-state index contributed by atoms with van der Waals surface area (Å²) in [5.74, 6) is -0.395. The Morgan fingerprint density at radius 2 is 1.97 bits per heavy atom. The molecule has 182 valence electrons. The highest BCUT2D eigenvalue weighted by molar-refractivity contribution is 5.80. The topological polar surface area (TPSA) is 126 Å². The van der Waals surface area contributed by atoms with Crippen LogP contribution < -0.4 is 4.74 Å². The average molecular weight is 481 g/mol. The SMILES string of the molecule is CC(C)(C)OC(=O)N1CCC(n2ncc3c(Oc4ccc(-n5cnnn5)cc4F)ncnc32)CC1. The molecule has 1 aliphatic rings. The molecule has 35 heavy (non-hydrogen) atoms. The van der Waals surface area contributed by atoms with Crippen LogP contribution in [0.15, 0.2) is 37.1 Å². The summed E-state index contributed by atoms with van der Waals surface area (Å²) in [6.45, 7) is 6.65. The van der Waals surface area contributed by atoms with Crippen molar-refractivity contribution in [3.63, 3.8) is 0 Å². The lowest BCUT2D eigenvalue weighted by atomic mass is 10.1. The van der Waals surface area contributed by atoms with E-state index in [4.69, 9.17) is 9.47 Å². The molecule has 0 aliphatic carbocycles. The van der Waals surface area contributed by atoms with Gasteiger partial charge < -0.3 is 14.4 Å². The molecule has 0 bridgehead atoms. The van der Waals surface area contributed by atoms with Crippen molar-refractivity contribution in [2.24, 2.45) is 0 Å². The van der Waals surface area contributed by atoms with E-state index in [2.05, 4.69) is 30.6 Å². The minimum absolute atomic E-state index is 0.000225. The maximum absolute atomic E-state index is 14.7. The summed E-state index contributed by atoms with van der Waals surface area (Å²) in [4.78, 5) is 22.6. The van der Waals surface area contributed by atoms with Crippen LogP contribution in [0.4, 0.5) is 9.18 Å². The molecular weight excluding hydrogens is 457 g/mol. The standard InChI is InChI=1S/C22H24FN9O3/c1-22(2,3)35-21(33)30-8-6-14(7-9-30)32-19-16(11-27-32)20(25-12-24-19)34-18-5-4-15(10-17(18)23)31-13-26-28-29-31/h4-5,10-14H,6-9H2,1-3H3. The Bertz CT molecular complexity index is 1340. The second-order valence-electron chi connectivity index (χ2n) is 9.17. The van der Waals surface area contributed by atoms with Gasteiger partial charge in [0.1, 0.15) is 23.6 Å². The summed E-state index contributed by atoms with van der Waals surface area (Å²) < 4.78 is 29.1. The first-order valence-electron chi connectivity index (χ1n) is 11.2. The van der Waals surface area contributed by atoms with Gasteiger partial charge in [0.25, 0.3) is 0 Å². The summed E-state index contributed by atoms with van der Waals surface area (Å²) in [7, 11) is 0. The molecule has 12 nitrogen and oxygen atoms in total. The first-order valence-corrected chi connectivity index (χ1v) is 11.2. The molecule has 1 aromatic carbocycles. The summed E-state index contributed by atoms with van der Waals surface area (Å²) in [6.07, 6.45) is 5.42. The Hall–Kier alpha value is -4.16. The zero-order valence-electron chi connectivity index (χ0n) is 19.5. The third-order valence-electron chi connectivity index (χ3n) is 5.55. The van der Waals surface area contributed by atoms with Crippen molar-refractivity contribution in [1.29, 1.82) is 0 Å². The second-order valence-corrected chi connectivity index (χ2v) is 9.17. The molecule has 13 heteroatoms. The lowest BCUT2D eigenvalue weighted by Crippen LogP contribution is -2.42. The smallest absolute Gasteiger partial charge is 0.410 e. The molecule has 0 atom stereocenters. The van der Waals surface area contributed by atoms with Gasteiger partial charge in [-0.3, -0.25) is 0 Å². The number of fused-ring (bicyclic) bond motifs is 1. The molecule has 3 aromatic heterocycles. The normalized spacial score (nSPS) is 14.9. The van der Waals surface area contributed by atoms with E-state index in [-0.39, 0.29) is 23.8 Å². The van der Waals surface area contributed by atoms with Crippen LogP contribution in [0.2, 0.25) is 0 Å². The lowest BCUT2D eigenvalue weighted by molar-refractivity contribution is 0.0186. The molecule has 1 amide bonds. The number of ether oxygens (including phenoxy) is 2. The fourth-order valence-corrected chi connectivity index (χ4v) is 3.91. The Morgan fingerprint density at radius 1 is 1.17 bits per heavy atom. The third kappa shape index (κ3) is 4.74. The number of tetrazole rings is 1. The number of carbonyl (C=O) groups is 1. The van der Waals surface area contributed by atoms with E-state index in [0.717, 1.165) is 0 Å². The van der Waals surface area contributed by atoms with E-state index < -0.39 is 11.4 Å². The number of hydrogen-bond acceptors (Lipinski definition) is 9. The Balaban J connectivity index is 1.32. The van der Waals surface area contributed by atoms with Gasteiger partial charge in [-0.15, -0.1) is 5.10 Å². The Labute approximate surface area is 199 Å². The summed E-state index contributed by atoms with van der Waals surface area (Å²) in [5.41, 5.74) is 0.502. The van der Waals surface area contributed by atoms with Crippen molar-refractivity contribution in [3.05, 3.63) is 42.9 Å². The molecule has 5 rings (SSSR count). The van der Waals surface area contributed by atoms with Gasteiger partial charge in [0.15, 0.2) is 17.2 Å². The minimum atomic E-state index is -0.591. The molecule has 0 N–H and O–H groups in total. The molecular formula is C22H24FN9O3. The Kier molecular flexibility index (Phi) is 5.75. The van der Waals surface area contributed by atoms with Crippen LogP contribution in [0.5, 0.6) is 11.6 Å². The number of rotatable bonds is 4. The average Bonchev–Trinajstić information content (AvgIpc) is 3.50. The summed E-state index contributed by atoms with van der Waals surface area (Å²) in [5, 5.41) is 15.9. The number of aromatic nitrogens is 8. The van der Waals surface area contributed by atoms with E-state index >= 15 is 0 Å². The summed E-state index contributed by atoms with van der Waals surface area (Å²) in [6, 6.07) is 4.43. The van der Waals surface area contributed by atoms with Gasteiger partial charge in [0, 0.05) is 19.2 Å². The molecule has 0 saturated carbocycles. The highest BCUT2D eigenvalue weighted by Crippen LogP contribution is 2.32. The molecule has 0 spiro atoms. The number of hydrogen-bond donors (Lipinski definition) is 0. The maximum Gasteiger partial charge on any atom is 0.410 e. The maximum atomic E-state index is 14.7. The van der Waals surface area contributed by atoms with Crippen LogP contribution >= 0.6 is 0 Å². The van der Waals surface area contributed by atoms with Gasteiger partial charge in [0.05, 0.1) is 17.9 Å². The van der Waals surface area contributed by atoms with Gasteiger partial charge in [0.2, 0.25) is 5.88 Å². The molecule has 0 radical (unpaired) electrons. The van der Waals surface area contributed by atoms with Crippen molar-refractivity contribution in [2.75, 3.05) is 13.1 Å². The predicted molar refractivity (Wildman–Crippen MR) is 121 cm³/mol. The molecule has 1 saturated heterocycles. The first kappa shape index (κ1) is 22.6. The number of carbonyl (C=O) groups excluding carboxylic acids is 1. The zero-order valence-corrected chi connectivity index (χ0v) is 19.5. The second kappa shape index (κ2) is 8.89. The number of halogens is 1. The molecule has 1 aliphatic heterocycles. The van der Waals surface area contributed by atoms with Gasteiger partial charge >= 0.3 is 6.09 Å². The van der Waals surface area contributed by atoms with E-state index in [9.17, 15) is 9.18 Å². The zero-order chi connectivity index (χ0) is 24.6. The van der Waals surface area contributed by atoms with Crippen molar-refractivity contribution in [3.8, 4) is 17.3 Å². The fraction of sp³-hybridized carbons (Fsp3) is 0.409. The molecule has 1 fully saturated rings. The lowest BCUT2D eigenvalue weighted by Gasteiger charge is -2.33. The number of nitrogens with zero attached hydrogens (tertiary/aromatic N) is 9. The van der Waals surface area contributed by atoms with Gasteiger partial charge in [-0.25, -0.2) is 28.5 Å². The monoisotopic (exact) mass is 481 g/mol. The number of amides is 1. The number of likely N-dealkylation sites (tertiary alicyclic amines) is 1. The van der Waals surface area contributed by atoms with E-state index in [0.29, 0.717) is 42.7 Å². The van der Waals surface area contributed by atoms with Crippen LogP contribution in [0, 0.1) is 5.82 Å². The van der Waals surface area contributed by atoms with Gasteiger partial charge in [-0.2, -0.15) is 5.10 Å².